The molecule has 0 heterocycles. The highest BCUT2D eigenvalue weighted by molar-refractivity contribution is 9.10. The van der Waals surface area contributed by atoms with Crippen molar-refractivity contribution in [2.45, 2.75) is 44.9 Å². The van der Waals surface area contributed by atoms with Crippen molar-refractivity contribution < 1.29 is 14.3 Å². The minimum absolute atomic E-state index is 0.00931. The number of fused-ring (bicyclic) bond motifs is 2. The molecule has 0 aromatic carbocycles. The van der Waals surface area contributed by atoms with Crippen molar-refractivity contribution in [3.05, 3.63) is 0 Å². The number of nitrogens with one attached hydrogen (secondary N) is 1. The Balaban J connectivity index is 2.21. The molecule has 2 rings (SSSR count). The topological polar surface area (TPSA) is 55.4 Å². The van der Waals surface area contributed by atoms with Gasteiger partial charge in [-0.1, -0.05) is 36.7 Å². The van der Waals surface area contributed by atoms with Gasteiger partial charge in [0.15, 0.2) is 5.78 Å². The second-order valence-corrected chi connectivity index (χ2v) is 7.67. The summed E-state index contributed by atoms with van der Waals surface area (Å²) in [4.78, 5) is 24.9. The van der Waals surface area contributed by atoms with Gasteiger partial charge in [0, 0.05) is 25.7 Å². The molecule has 0 saturated heterocycles. The molecule has 2 fully saturated rings. The van der Waals surface area contributed by atoms with Crippen LogP contribution < -0.4 is 5.32 Å². The first-order valence-corrected chi connectivity index (χ1v) is 8.13. The Labute approximate surface area is 129 Å². The molecule has 2 saturated carbocycles. The van der Waals surface area contributed by atoms with E-state index in [2.05, 4.69) is 35.1 Å². The fourth-order valence-corrected chi connectivity index (χ4v) is 5.55. The molecule has 114 valence electrons. The molecule has 2 aliphatic carbocycles. The van der Waals surface area contributed by atoms with Crippen molar-refractivity contribution in [3.8, 4) is 0 Å². The number of methoxy groups -OCH3 is 1. The summed E-state index contributed by atoms with van der Waals surface area (Å²) in [6.45, 7) is 7.36. The van der Waals surface area contributed by atoms with Gasteiger partial charge in [0.2, 0.25) is 5.91 Å². The lowest BCUT2D eigenvalue weighted by atomic mass is 9.64. The van der Waals surface area contributed by atoms with Gasteiger partial charge >= 0.3 is 0 Å². The molecule has 4 nitrogen and oxygen atoms in total. The fraction of sp³-hybridized carbons (Fsp3) is 0.867. The van der Waals surface area contributed by atoms with E-state index in [4.69, 9.17) is 4.74 Å². The SMILES string of the molecule is COCCCNC(=O)[C@]12CC[C@](C)(C(=O)[C@H]1Br)C2(C)C. The number of alkyl halides is 1. The van der Waals surface area contributed by atoms with E-state index in [1.807, 2.05) is 6.92 Å². The van der Waals surface area contributed by atoms with E-state index < -0.39 is 10.8 Å². The van der Waals surface area contributed by atoms with Crippen LogP contribution >= 0.6 is 15.9 Å². The maximum absolute atomic E-state index is 12.8. The zero-order chi connectivity index (χ0) is 15.2. The molecule has 20 heavy (non-hydrogen) atoms. The molecule has 1 N–H and O–H groups in total. The summed E-state index contributed by atoms with van der Waals surface area (Å²) in [5.41, 5.74) is -1.34. The van der Waals surface area contributed by atoms with Crippen LogP contribution in [0, 0.1) is 16.2 Å². The van der Waals surface area contributed by atoms with Crippen LogP contribution in [0.1, 0.15) is 40.0 Å². The van der Waals surface area contributed by atoms with Crippen molar-refractivity contribution >= 4 is 27.6 Å². The quantitative estimate of drug-likeness (QED) is 0.614. The molecular weight excluding hydrogens is 322 g/mol. The van der Waals surface area contributed by atoms with Gasteiger partial charge in [-0.2, -0.15) is 0 Å². The Bertz CT molecular complexity index is 437. The third-order valence-electron chi connectivity index (χ3n) is 5.94. The monoisotopic (exact) mass is 345 g/mol. The molecule has 3 atom stereocenters. The van der Waals surface area contributed by atoms with E-state index in [0.29, 0.717) is 13.2 Å². The number of ether oxygens (including phenoxy) is 1. The van der Waals surface area contributed by atoms with Gasteiger partial charge in [0.1, 0.15) is 0 Å². The lowest BCUT2D eigenvalue weighted by Crippen LogP contribution is -2.51. The Hall–Kier alpha value is -0.420. The Morgan fingerprint density at radius 1 is 1.40 bits per heavy atom. The molecular formula is C15H24BrNO3. The Morgan fingerprint density at radius 3 is 2.55 bits per heavy atom. The van der Waals surface area contributed by atoms with Crippen molar-refractivity contribution in [2.24, 2.45) is 16.2 Å². The Morgan fingerprint density at radius 2 is 2.05 bits per heavy atom. The summed E-state index contributed by atoms with van der Waals surface area (Å²) in [5.74, 6) is 0.191. The van der Waals surface area contributed by atoms with Crippen molar-refractivity contribution in [3.63, 3.8) is 0 Å². The summed E-state index contributed by atoms with van der Waals surface area (Å²) in [7, 11) is 1.65. The average molecular weight is 346 g/mol. The van der Waals surface area contributed by atoms with Crippen LogP contribution in [0.25, 0.3) is 0 Å². The minimum Gasteiger partial charge on any atom is -0.385 e. The molecule has 1 amide bonds. The van der Waals surface area contributed by atoms with E-state index in [1.165, 1.54) is 0 Å². The first-order valence-electron chi connectivity index (χ1n) is 7.21. The maximum Gasteiger partial charge on any atom is 0.228 e. The van der Waals surface area contributed by atoms with Crippen LogP contribution in [0.3, 0.4) is 0 Å². The van der Waals surface area contributed by atoms with Crippen LogP contribution in [0.5, 0.6) is 0 Å². The summed E-state index contributed by atoms with van der Waals surface area (Å²) in [6.07, 6.45) is 2.36. The van der Waals surface area contributed by atoms with Gasteiger partial charge < -0.3 is 10.1 Å². The predicted octanol–water partition coefficient (Wildman–Crippen LogP) is 2.30. The summed E-state index contributed by atoms with van der Waals surface area (Å²) in [5, 5.41) is 3.00. The molecule has 0 aromatic rings. The lowest BCUT2D eigenvalue weighted by molar-refractivity contribution is -0.135. The van der Waals surface area contributed by atoms with Crippen LogP contribution in [0.15, 0.2) is 0 Å². The van der Waals surface area contributed by atoms with Gasteiger partial charge in [-0.15, -0.1) is 0 Å². The first-order chi connectivity index (χ1) is 9.25. The number of ketones is 1. The van der Waals surface area contributed by atoms with E-state index >= 15 is 0 Å². The van der Waals surface area contributed by atoms with Gasteiger partial charge in [0.05, 0.1) is 10.2 Å². The number of amides is 1. The van der Waals surface area contributed by atoms with Gasteiger partial charge in [0.25, 0.3) is 0 Å². The van der Waals surface area contributed by atoms with Gasteiger partial charge in [-0.05, 0) is 24.7 Å². The smallest absolute Gasteiger partial charge is 0.228 e. The van der Waals surface area contributed by atoms with E-state index in [1.54, 1.807) is 7.11 Å². The van der Waals surface area contributed by atoms with Crippen molar-refractivity contribution in [2.75, 3.05) is 20.3 Å². The molecule has 0 spiro atoms. The van der Waals surface area contributed by atoms with Gasteiger partial charge in [-0.3, -0.25) is 9.59 Å². The Kier molecular flexibility index (Phi) is 4.06. The average Bonchev–Trinajstić information content (AvgIpc) is 2.67. The lowest BCUT2D eigenvalue weighted by Gasteiger charge is -2.39. The number of hydrogen-bond acceptors (Lipinski definition) is 3. The number of rotatable bonds is 5. The zero-order valence-corrected chi connectivity index (χ0v) is 14.3. The highest BCUT2D eigenvalue weighted by Gasteiger charge is 2.76. The molecule has 0 radical (unpaired) electrons. The summed E-state index contributed by atoms with van der Waals surface area (Å²) < 4.78 is 4.99. The molecule has 2 aliphatic rings. The number of carbonyl (C=O) groups excluding carboxylic acids is 2. The summed E-state index contributed by atoms with van der Waals surface area (Å²) in [6, 6.07) is 0. The number of halogens is 1. The van der Waals surface area contributed by atoms with Crippen molar-refractivity contribution in [1.82, 2.24) is 5.32 Å². The standard InChI is InChI=1S/C15H24BrNO3/c1-13(2)14(3)6-7-15(13,10(16)11(14)18)12(19)17-8-5-9-20-4/h10H,5-9H2,1-4H3,(H,17,19)/t10-,14-,15+/m1/s1. The van der Waals surface area contributed by atoms with Crippen LogP contribution in [-0.4, -0.2) is 36.8 Å². The first kappa shape index (κ1) is 16.0. The van der Waals surface area contributed by atoms with E-state index in [0.717, 1.165) is 19.3 Å². The molecule has 0 aliphatic heterocycles. The molecule has 2 bridgehead atoms. The predicted molar refractivity (Wildman–Crippen MR) is 80.8 cm³/mol. The zero-order valence-electron chi connectivity index (χ0n) is 12.7. The van der Waals surface area contributed by atoms with Crippen molar-refractivity contribution in [1.29, 1.82) is 0 Å². The number of hydrogen-bond donors (Lipinski definition) is 1. The number of carbonyl (C=O) groups is 2. The third kappa shape index (κ3) is 1.75. The highest BCUT2D eigenvalue weighted by atomic mass is 79.9. The summed E-state index contributed by atoms with van der Waals surface area (Å²) >= 11 is 3.52. The van der Waals surface area contributed by atoms with Crippen LogP contribution in [0.2, 0.25) is 0 Å². The second-order valence-electron chi connectivity index (χ2n) is 6.76. The maximum atomic E-state index is 12.8. The second kappa shape index (κ2) is 5.09. The molecule has 0 unspecified atom stereocenters. The highest BCUT2D eigenvalue weighted by Crippen LogP contribution is 2.72. The fourth-order valence-electron chi connectivity index (χ4n) is 4.03. The number of Topliss-reactive ketones (excluding diaryl/α,β-unsaturated/α-hetero) is 1. The van der Waals surface area contributed by atoms with Gasteiger partial charge in [-0.25, -0.2) is 0 Å². The molecule has 0 aromatic heterocycles. The van der Waals surface area contributed by atoms with E-state index in [9.17, 15) is 9.59 Å². The minimum atomic E-state index is -0.619. The van der Waals surface area contributed by atoms with Crippen LogP contribution in [-0.2, 0) is 14.3 Å². The molecule has 5 heteroatoms. The normalized spacial score (nSPS) is 38.2. The third-order valence-corrected chi connectivity index (χ3v) is 7.13. The van der Waals surface area contributed by atoms with Crippen LogP contribution in [0.4, 0.5) is 0 Å². The largest absolute Gasteiger partial charge is 0.385 e. The van der Waals surface area contributed by atoms with E-state index in [-0.39, 0.29) is 21.9 Å².